The van der Waals surface area contributed by atoms with E-state index >= 15 is 0 Å². The molecule has 4 aromatic carbocycles. The van der Waals surface area contributed by atoms with Crippen LogP contribution in [0, 0.1) is 0 Å². The minimum absolute atomic E-state index is 0.0820. The Kier molecular flexibility index (Phi) is 9.41. The predicted molar refractivity (Wildman–Crippen MR) is 198 cm³/mol. The molecule has 0 aromatic heterocycles. The lowest BCUT2D eigenvalue weighted by Crippen LogP contribution is -2.37. The van der Waals surface area contributed by atoms with Crippen molar-refractivity contribution in [2.75, 3.05) is 61.8 Å². The highest BCUT2D eigenvalue weighted by Gasteiger charge is 2.41. The quantitative estimate of drug-likeness (QED) is 0.194. The van der Waals surface area contributed by atoms with Gasteiger partial charge in [0.05, 0.1) is 21.5 Å². The lowest BCUT2D eigenvalue weighted by molar-refractivity contribution is -0.118. The van der Waals surface area contributed by atoms with E-state index in [1.807, 2.05) is 73.6 Å². The van der Waals surface area contributed by atoms with Crippen LogP contribution in [-0.4, -0.2) is 85.2 Å². The molecule has 12 heteroatoms. The van der Waals surface area contributed by atoms with Crippen molar-refractivity contribution in [3.05, 3.63) is 82.8 Å². The maximum absolute atomic E-state index is 14.2. The summed E-state index contributed by atoms with van der Waals surface area (Å²) in [6.07, 6.45) is 1.64. The second kappa shape index (κ2) is 13.7. The van der Waals surface area contributed by atoms with Gasteiger partial charge >= 0.3 is 6.09 Å². The number of nitrogens with zero attached hydrogens (tertiary/aromatic N) is 3. The van der Waals surface area contributed by atoms with Crippen LogP contribution in [0.1, 0.15) is 29.4 Å². The number of ether oxygens (including phenoxy) is 1. The summed E-state index contributed by atoms with van der Waals surface area (Å²) in [7, 11) is 3.84. The summed E-state index contributed by atoms with van der Waals surface area (Å²) in [6.45, 7) is 1.85. The predicted octanol–water partition coefficient (Wildman–Crippen LogP) is 6.78. The van der Waals surface area contributed by atoms with Gasteiger partial charge in [0.1, 0.15) is 11.5 Å². The number of hydrogen-bond acceptors (Lipinski definition) is 7. The van der Waals surface area contributed by atoms with Gasteiger partial charge in [-0.1, -0.05) is 54.6 Å². The number of carbonyl (C=O) groups is 3. The summed E-state index contributed by atoms with van der Waals surface area (Å²) in [4.78, 5) is 46.9. The second-order valence-corrected chi connectivity index (χ2v) is 14.7. The molecule has 0 spiro atoms. The number of thioether (sulfide) groups is 1. The Morgan fingerprint density at radius 3 is 2.14 bits per heavy atom. The van der Waals surface area contributed by atoms with E-state index in [1.165, 1.54) is 11.8 Å². The van der Waals surface area contributed by atoms with Gasteiger partial charge in [-0.05, 0) is 42.4 Å². The van der Waals surface area contributed by atoms with Gasteiger partial charge in [-0.3, -0.25) is 9.59 Å². The fourth-order valence-electron chi connectivity index (χ4n) is 7.15. The van der Waals surface area contributed by atoms with Gasteiger partial charge in [0, 0.05) is 72.7 Å². The zero-order valence-corrected chi connectivity index (χ0v) is 29.4. The van der Waals surface area contributed by atoms with Gasteiger partial charge in [-0.2, -0.15) is 0 Å². The van der Waals surface area contributed by atoms with E-state index in [-0.39, 0.29) is 29.4 Å². The lowest BCUT2D eigenvalue weighted by Gasteiger charge is -2.23. The minimum Gasteiger partial charge on any atom is -0.507 e. The number of benzene rings is 4. The van der Waals surface area contributed by atoms with Crippen LogP contribution in [0.4, 0.5) is 16.2 Å². The van der Waals surface area contributed by atoms with Gasteiger partial charge in [0.2, 0.25) is 5.91 Å². The zero-order chi connectivity index (χ0) is 34.4. The zero-order valence-electron chi connectivity index (χ0n) is 27.1. The molecule has 4 aromatic rings. The largest absolute Gasteiger partial charge is 0.507 e. The van der Waals surface area contributed by atoms with Gasteiger partial charge in [-0.25, -0.2) is 4.79 Å². The fraction of sp³-hybridized carbons (Fsp3) is 0.324. The van der Waals surface area contributed by atoms with Crippen molar-refractivity contribution in [2.45, 2.75) is 23.5 Å². The molecule has 3 atom stereocenters. The van der Waals surface area contributed by atoms with Crippen molar-refractivity contribution in [1.82, 2.24) is 10.2 Å². The van der Waals surface area contributed by atoms with E-state index in [2.05, 4.69) is 5.32 Å². The maximum Gasteiger partial charge on any atom is 0.412 e. The molecule has 1 unspecified atom stereocenters. The smallest absolute Gasteiger partial charge is 0.412 e. The third-order valence-corrected chi connectivity index (χ3v) is 11.5. The number of phenols is 1. The molecule has 0 saturated heterocycles. The van der Waals surface area contributed by atoms with E-state index in [1.54, 1.807) is 21.9 Å². The molecule has 0 saturated carbocycles. The minimum atomic E-state index is -0.576. The van der Waals surface area contributed by atoms with Gasteiger partial charge in [-0.15, -0.1) is 35.0 Å². The summed E-state index contributed by atoms with van der Waals surface area (Å²) < 4.78 is 5.81. The molecule has 49 heavy (non-hydrogen) atoms. The molecule has 7 rings (SSSR count). The van der Waals surface area contributed by atoms with Crippen LogP contribution < -0.4 is 19.9 Å². The third-order valence-electron chi connectivity index (χ3n) is 9.46. The number of rotatable bonds is 8. The van der Waals surface area contributed by atoms with Crippen molar-refractivity contribution in [1.29, 1.82) is 0 Å². The molecule has 2 N–H and O–H groups in total. The van der Waals surface area contributed by atoms with E-state index in [0.717, 1.165) is 32.7 Å². The van der Waals surface area contributed by atoms with Crippen LogP contribution in [0.25, 0.3) is 21.5 Å². The van der Waals surface area contributed by atoms with Crippen LogP contribution in [0.3, 0.4) is 0 Å². The molecule has 3 heterocycles. The Morgan fingerprint density at radius 2 is 1.49 bits per heavy atom. The van der Waals surface area contributed by atoms with E-state index < -0.39 is 11.3 Å². The number of alkyl halides is 2. The summed E-state index contributed by atoms with van der Waals surface area (Å²) in [6, 6.07) is 18.7. The number of carbonyl (C=O) groups excluding carboxylic acids is 3. The number of phenolic OH excluding ortho intramolecular Hbond substituents is 1. The lowest BCUT2D eigenvalue weighted by atomic mass is 9.95. The Hall–Kier alpha value is -3.96. The third kappa shape index (κ3) is 6.09. The fourth-order valence-corrected chi connectivity index (χ4v) is 8.79. The van der Waals surface area contributed by atoms with Crippen molar-refractivity contribution in [3.63, 3.8) is 0 Å². The monoisotopic (exact) mass is 718 g/mol. The number of likely N-dealkylation sites (N-methyl/N-ethyl adjacent to an activating group) is 1. The SMILES string of the molecule is CN(C)CCNC(=O)Oc1cc2c(c3ccccc13)[C@H](CCl)CN2C(=O)C1=CCC(C(=O)N2C[C@@H](CCl)c3c2cc(O)c2ccccc32)S1. The Bertz CT molecular complexity index is 2020. The first-order valence-electron chi connectivity index (χ1n) is 16.2. The first-order valence-corrected chi connectivity index (χ1v) is 18.2. The number of anilines is 2. The van der Waals surface area contributed by atoms with Crippen LogP contribution >= 0.6 is 35.0 Å². The maximum atomic E-state index is 14.2. The van der Waals surface area contributed by atoms with Crippen molar-refractivity contribution in [3.8, 4) is 11.5 Å². The first kappa shape index (κ1) is 33.5. The van der Waals surface area contributed by atoms with E-state index in [9.17, 15) is 19.5 Å². The van der Waals surface area contributed by atoms with Gasteiger partial charge in [0.15, 0.2) is 0 Å². The molecular formula is C37H36Cl2N4O5S. The van der Waals surface area contributed by atoms with Crippen molar-refractivity contribution < 1.29 is 24.2 Å². The second-order valence-electron chi connectivity index (χ2n) is 12.8. The van der Waals surface area contributed by atoms with Crippen LogP contribution in [0.2, 0.25) is 0 Å². The highest BCUT2D eigenvalue weighted by molar-refractivity contribution is 8.05. The molecule has 0 bridgehead atoms. The van der Waals surface area contributed by atoms with Gasteiger partial charge < -0.3 is 29.9 Å². The molecule has 0 aliphatic carbocycles. The number of nitrogens with one attached hydrogen (secondary N) is 1. The molecule has 0 fully saturated rings. The summed E-state index contributed by atoms with van der Waals surface area (Å²) >= 11 is 14.2. The number of halogens is 2. The molecule has 9 nitrogen and oxygen atoms in total. The molecule has 3 aliphatic rings. The molecule has 254 valence electrons. The highest BCUT2D eigenvalue weighted by atomic mass is 35.5. The van der Waals surface area contributed by atoms with Crippen LogP contribution in [-0.2, 0) is 9.59 Å². The van der Waals surface area contributed by atoms with E-state index in [4.69, 9.17) is 27.9 Å². The molecule has 3 amide bonds. The number of aromatic hydroxyl groups is 1. The highest BCUT2D eigenvalue weighted by Crippen LogP contribution is 2.49. The number of allylic oxidation sites excluding steroid dienone is 1. The van der Waals surface area contributed by atoms with Crippen LogP contribution in [0.15, 0.2) is 71.6 Å². The first-order chi connectivity index (χ1) is 23.7. The number of hydrogen-bond donors (Lipinski definition) is 2. The Morgan fingerprint density at radius 1 is 0.898 bits per heavy atom. The summed E-state index contributed by atoms with van der Waals surface area (Å²) in [5.74, 6) is 0.527. The number of fused-ring (bicyclic) bond motifs is 6. The standard InChI is InChI=1S/C37H36Cl2N4O5S/c1-41(2)14-13-40-37(47)48-30-16-28-34(26-10-6-4-8-24(26)30)22(18-39)20-43(28)36(46)32-12-11-31(49-32)35(45)42-19-21(17-38)33-25-9-5-3-7-23(25)29(44)15-27(33)42/h3-10,12,15-16,21-22,31,44H,11,13-14,17-20H2,1-2H3,(H,40,47)/t21-,22-,31?/m1/s1. The summed E-state index contributed by atoms with van der Waals surface area (Å²) in [5.41, 5.74) is 3.20. The Balaban J connectivity index is 1.13. The number of amides is 3. The molecule has 3 aliphatic heterocycles. The molecule has 0 radical (unpaired) electrons. The average molecular weight is 720 g/mol. The average Bonchev–Trinajstić information content (AvgIpc) is 3.84. The normalized spacial score (nSPS) is 19.8. The Labute approximate surface area is 298 Å². The van der Waals surface area contributed by atoms with Crippen molar-refractivity contribution in [2.24, 2.45) is 0 Å². The van der Waals surface area contributed by atoms with Gasteiger partial charge in [0.25, 0.3) is 5.91 Å². The van der Waals surface area contributed by atoms with Crippen molar-refractivity contribution >= 4 is 85.8 Å². The topological polar surface area (TPSA) is 102 Å². The molecular weight excluding hydrogens is 683 g/mol. The summed E-state index contributed by atoms with van der Waals surface area (Å²) in [5, 5.41) is 16.3. The van der Waals surface area contributed by atoms with Crippen LogP contribution in [0.5, 0.6) is 11.5 Å². The van der Waals surface area contributed by atoms with E-state index in [0.29, 0.717) is 66.4 Å².